The van der Waals surface area contributed by atoms with Gasteiger partial charge in [-0.2, -0.15) is 0 Å². The Hall–Kier alpha value is -0.170. The molecule has 9 heavy (non-hydrogen) atoms. The molecule has 1 heteroatoms. The van der Waals surface area contributed by atoms with E-state index in [-0.39, 0.29) is 0 Å². The summed E-state index contributed by atoms with van der Waals surface area (Å²) in [5.74, 6) is 0. The van der Waals surface area contributed by atoms with Crippen LogP contribution in [-0.2, 0) is 0 Å². The summed E-state index contributed by atoms with van der Waals surface area (Å²) in [6.07, 6.45) is 5.34. The molecule has 0 saturated carbocycles. The fraction of sp³-hybridized carbons (Fsp3) is 0.500. The Labute approximate surface area is 62.0 Å². The maximum atomic E-state index is 3.80. The molecule has 0 aromatic rings. The van der Waals surface area contributed by atoms with E-state index in [9.17, 15) is 0 Å². The van der Waals surface area contributed by atoms with Gasteiger partial charge in [0.25, 0.3) is 0 Å². The average Bonchev–Trinajstić information content (AvgIpc) is 1.82. The predicted octanol–water partition coefficient (Wildman–Crippen LogP) is 3.22. The molecular formula is C8H14S. The fourth-order valence-electron chi connectivity index (χ4n) is 0.580. The van der Waals surface area contributed by atoms with E-state index in [1.807, 2.05) is 6.92 Å². The first-order valence-corrected chi connectivity index (χ1v) is 4.33. The number of thioether (sulfide) groups is 1. The lowest BCUT2D eigenvalue weighted by molar-refractivity contribution is 1.19. The molecule has 0 bridgehead atoms. The largest absolute Gasteiger partial charge is 0.134 e. The Kier molecular flexibility index (Phi) is 4.60. The minimum atomic E-state index is 1.12. The summed E-state index contributed by atoms with van der Waals surface area (Å²) in [5.41, 5.74) is 1.14. The van der Waals surface area contributed by atoms with Gasteiger partial charge < -0.3 is 0 Å². The first kappa shape index (κ1) is 8.83. The lowest BCUT2D eigenvalue weighted by Crippen LogP contribution is -1.72. The normalized spacial score (nSPS) is 11.7. The van der Waals surface area contributed by atoms with Gasteiger partial charge >= 0.3 is 0 Å². The van der Waals surface area contributed by atoms with Crippen LogP contribution in [0.1, 0.15) is 20.3 Å². The summed E-state index contributed by atoms with van der Waals surface area (Å²) in [6, 6.07) is 0. The van der Waals surface area contributed by atoms with E-state index in [1.54, 1.807) is 11.8 Å². The van der Waals surface area contributed by atoms with Crippen molar-refractivity contribution >= 4 is 11.8 Å². The van der Waals surface area contributed by atoms with E-state index in [0.717, 1.165) is 12.0 Å². The monoisotopic (exact) mass is 142 g/mol. The van der Waals surface area contributed by atoms with E-state index < -0.39 is 0 Å². The third-order valence-electron chi connectivity index (χ3n) is 1.02. The predicted molar refractivity (Wildman–Crippen MR) is 46.7 cm³/mol. The van der Waals surface area contributed by atoms with Crippen molar-refractivity contribution in [1.29, 1.82) is 0 Å². The number of allylic oxidation sites excluding steroid dienone is 3. The summed E-state index contributed by atoms with van der Waals surface area (Å²) in [6.45, 7) is 7.98. The molecular weight excluding hydrogens is 128 g/mol. The van der Waals surface area contributed by atoms with Crippen molar-refractivity contribution in [3.05, 3.63) is 23.1 Å². The quantitative estimate of drug-likeness (QED) is 0.545. The van der Waals surface area contributed by atoms with E-state index in [4.69, 9.17) is 0 Å². The van der Waals surface area contributed by atoms with Crippen LogP contribution in [0.3, 0.4) is 0 Å². The molecule has 52 valence electrons. The van der Waals surface area contributed by atoms with Crippen molar-refractivity contribution in [3.63, 3.8) is 0 Å². The van der Waals surface area contributed by atoms with Crippen LogP contribution in [-0.4, -0.2) is 6.26 Å². The van der Waals surface area contributed by atoms with E-state index >= 15 is 0 Å². The fourth-order valence-corrected chi connectivity index (χ4v) is 1.19. The zero-order valence-corrected chi connectivity index (χ0v) is 7.22. The Balaban J connectivity index is 3.91. The Morgan fingerprint density at radius 1 is 1.67 bits per heavy atom. The molecule has 0 rings (SSSR count). The van der Waals surface area contributed by atoms with Crippen molar-refractivity contribution in [2.45, 2.75) is 20.3 Å². The third kappa shape index (κ3) is 4.34. The van der Waals surface area contributed by atoms with Crippen molar-refractivity contribution in [2.75, 3.05) is 6.26 Å². The second kappa shape index (κ2) is 4.68. The van der Waals surface area contributed by atoms with Crippen LogP contribution >= 0.6 is 11.8 Å². The number of hydrogen-bond donors (Lipinski definition) is 0. The summed E-state index contributed by atoms with van der Waals surface area (Å²) in [5, 5.41) is 0. The van der Waals surface area contributed by atoms with E-state index in [0.29, 0.717) is 0 Å². The molecule has 0 aliphatic rings. The number of hydrogen-bond acceptors (Lipinski definition) is 1. The van der Waals surface area contributed by atoms with Crippen LogP contribution in [0.4, 0.5) is 0 Å². The van der Waals surface area contributed by atoms with Gasteiger partial charge in [0.2, 0.25) is 0 Å². The molecule has 0 fully saturated rings. The van der Waals surface area contributed by atoms with Crippen LogP contribution in [0.25, 0.3) is 0 Å². The summed E-state index contributed by atoms with van der Waals surface area (Å²) < 4.78 is 0. The van der Waals surface area contributed by atoms with Crippen LogP contribution < -0.4 is 0 Å². The van der Waals surface area contributed by atoms with Gasteiger partial charge in [-0.05, 0) is 24.5 Å². The molecule has 0 saturated heterocycles. The summed E-state index contributed by atoms with van der Waals surface area (Å²) >= 11 is 1.80. The van der Waals surface area contributed by atoms with Gasteiger partial charge in [-0.15, -0.1) is 11.8 Å². The first-order valence-electron chi connectivity index (χ1n) is 3.10. The van der Waals surface area contributed by atoms with Gasteiger partial charge in [0, 0.05) is 0 Å². The lowest BCUT2D eigenvalue weighted by Gasteiger charge is -1.97. The van der Waals surface area contributed by atoms with Crippen LogP contribution in [0, 0.1) is 0 Å². The van der Waals surface area contributed by atoms with Gasteiger partial charge in [-0.3, -0.25) is 0 Å². The highest BCUT2D eigenvalue weighted by atomic mass is 32.2. The highest BCUT2D eigenvalue weighted by molar-refractivity contribution is 8.02. The molecule has 0 aromatic carbocycles. The zero-order valence-electron chi connectivity index (χ0n) is 6.40. The molecule has 0 nitrogen and oxygen atoms in total. The van der Waals surface area contributed by atoms with Crippen LogP contribution in [0.2, 0.25) is 0 Å². The second-order valence-corrected chi connectivity index (χ2v) is 2.95. The zero-order chi connectivity index (χ0) is 7.28. The second-order valence-electron chi connectivity index (χ2n) is 2.01. The maximum absolute atomic E-state index is 3.80. The highest BCUT2D eigenvalue weighted by Gasteiger charge is 1.87. The highest BCUT2D eigenvalue weighted by Crippen LogP contribution is 2.16. The molecule has 0 N–H and O–H groups in total. The van der Waals surface area contributed by atoms with Gasteiger partial charge in [0.15, 0.2) is 0 Å². The number of rotatable bonds is 3. The van der Waals surface area contributed by atoms with E-state index in [1.165, 1.54) is 4.91 Å². The Morgan fingerprint density at radius 2 is 2.22 bits per heavy atom. The van der Waals surface area contributed by atoms with Gasteiger partial charge in [-0.1, -0.05) is 25.2 Å². The summed E-state index contributed by atoms with van der Waals surface area (Å²) in [7, 11) is 0. The van der Waals surface area contributed by atoms with Gasteiger partial charge in [-0.25, -0.2) is 0 Å². The minimum absolute atomic E-state index is 1.12. The average molecular weight is 142 g/mol. The van der Waals surface area contributed by atoms with Crippen molar-refractivity contribution < 1.29 is 0 Å². The Bertz CT molecular complexity index is 117. The lowest BCUT2D eigenvalue weighted by atomic mass is 10.3. The standard InChI is InChI=1S/C8H14S/c1-5-8(9-4)6-7(2)3/h6H,2,5H2,1,3-4H3. The topological polar surface area (TPSA) is 0 Å². The SMILES string of the molecule is C=C(C)C=C(CC)SC. The minimum Gasteiger partial charge on any atom is -0.134 e. The van der Waals surface area contributed by atoms with Crippen molar-refractivity contribution in [3.8, 4) is 0 Å². The molecule has 0 heterocycles. The van der Waals surface area contributed by atoms with Crippen molar-refractivity contribution in [1.82, 2.24) is 0 Å². The molecule has 0 aromatic heterocycles. The van der Waals surface area contributed by atoms with Crippen LogP contribution in [0.5, 0.6) is 0 Å². The molecule has 0 atom stereocenters. The smallest absolute Gasteiger partial charge is 0.0140 e. The van der Waals surface area contributed by atoms with Crippen LogP contribution in [0.15, 0.2) is 23.1 Å². The van der Waals surface area contributed by atoms with Gasteiger partial charge in [0.1, 0.15) is 0 Å². The summed E-state index contributed by atoms with van der Waals surface area (Å²) in [4.78, 5) is 1.41. The Morgan fingerprint density at radius 3 is 2.33 bits per heavy atom. The molecule has 0 aliphatic carbocycles. The first-order chi connectivity index (χ1) is 4.20. The third-order valence-corrected chi connectivity index (χ3v) is 1.95. The molecule has 0 radical (unpaired) electrons. The van der Waals surface area contributed by atoms with Gasteiger partial charge in [0.05, 0.1) is 0 Å². The molecule has 0 spiro atoms. The van der Waals surface area contributed by atoms with E-state index in [2.05, 4.69) is 25.8 Å². The van der Waals surface area contributed by atoms with Crippen molar-refractivity contribution in [2.24, 2.45) is 0 Å². The molecule has 0 amide bonds. The molecule has 0 aliphatic heterocycles. The maximum Gasteiger partial charge on any atom is -0.0140 e. The molecule has 0 unspecified atom stereocenters.